The zero-order chi connectivity index (χ0) is 15.1. The maximum atomic E-state index is 6.14. The molecule has 2 aromatic rings. The van der Waals surface area contributed by atoms with E-state index in [-0.39, 0.29) is 0 Å². The van der Waals surface area contributed by atoms with E-state index < -0.39 is 0 Å². The van der Waals surface area contributed by atoms with E-state index in [1.54, 1.807) is 0 Å². The Morgan fingerprint density at radius 1 is 1.19 bits per heavy atom. The van der Waals surface area contributed by atoms with Crippen LogP contribution in [0.15, 0.2) is 0 Å². The van der Waals surface area contributed by atoms with Crippen molar-refractivity contribution in [2.75, 3.05) is 17.7 Å². The van der Waals surface area contributed by atoms with Gasteiger partial charge >= 0.3 is 0 Å². The molecule has 1 fully saturated rings. The van der Waals surface area contributed by atoms with Crippen LogP contribution in [0.5, 0.6) is 0 Å². The van der Waals surface area contributed by atoms with Gasteiger partial charge in [-0.1, -0.05) is 12.8 Å². The van der Waals surface area contributed by atoms with Gasteiger partial charge in [-0.25, -0.2) is 15.0 Å². The van der Waals surface area contributed by atoms with E-state index in [1.165, 1.54) is 25.7 Å². The van der Waals surface area contributed by atoms with Crippen molar-refractivity contribution in [2.24, 2.45) is 7.05 Å². The Balaban J connectivity index is 2.11. The van der Waals surface area contributed by atoms with Crippen molar-refractivity contribution in [1.82, 2.24) is 19.5 Å². The van der Waals surface area contributed by atoms with E-state index in [0.717, 1.165) is 17.4 Å². The number of nitrogens with zero attached hydrogens (tertiary/aromatic N) is 5. The maximum absolute atomic E-state index is 6.14. The van der Waals surface area contributed by atoms with Crippen molar-refractivity contribution in [3.8, 4) is 0 Å². The Kier molecular flexibility index (Phi) is 3.47. The molecule has 0 atom stereocenters. The van der Waals surface area contributed by atoms with Gasteiger partial charge in [-0.05, 0) is 26.7 Å². The average molecular weight is 288 g/mol. The first-order chi connectivity index (χ1) is 9.99. The van der Waals surface area contributed by atoms with Gasteiger partial charge in [0.15, 0.2) is 17.0 Å². The normalized spacial score (nSPS) is 16.2. The molecule has 2 aromatic heterocycles. The van der Waals surface area contributed by atoms with Crippen LogP contribution in [0.1, 0.15) is 51.3 Å². The molecule has 0 unspecified atom stereocenters. The van der Waals surface area contributed by atoms with Gasteiger partial charge in [0.1, 0.15) is 5.82 Å². The third-order valence-corrected chi connectivity index (χ3v) is 4.55. The SMILES string of the molecule is CC(C)N(C)c1nc2c(N)nc(C3CCCC3)nc2n1C. The molecule has 0 aliphatic heterocycles. The lowest BCUT2D eigenvalue weighted by Gasteiger charge is -2.22. The second kappa shape index (κ2) is 5.16. The molecule has 0 bridgehead atoms. The van der Waals surface area contributed by atoms with E-state index >= 15 is 0 Å². The molecular formula is C15H24N6. The molecule has 1 aliphatic rings. The minimum atomic E-state index is 0.365. The summed E-state index contributed by atoms with van der Waals surface area (Å²) >= 11 is 0. The van der Waals surface area contributed by atoms with Crippen molar-refractivity contribution < 1.29 is 0 Å². The minimum Gasteiger partial charge on any atom is -0.382 e. The zero-order valence-corrected chi connectivity index (χ0v) is 13.3. The van der Waals surface area contributed by atoms with Gasteiger partial charge < -0.3 is 10.6 Å². The summed E-state index contributed by atoms with van der Waals surface area (Å²) in [6.07, 6.45) is 4.86. The van der Waals surface area contributed by atoms with Gasteiger partial charge in [0.25, 0.3) is 0 Å². The monoisotopic (exact) mass is 288 g/mol. The molecule has 2 N–H and O–H groups in total. The number of fused-ring (bicyclic) bond motifs is 1. The summed E-state index contributed by atoms with van der Waals surface area (Å²) in [5, 5.41) is 0. The third kappa shape index (κ3) is 2.32. The minimum absolute atomic E-state index is 0.365. The number of nitrogens with two attached hydrogens (primary N) is 1. The van der Waals surface area contributed by atoms with E-state index in [4.69, 9.17) is 10.7 Å². The predicted molar refractivity (Wildman–Crippen MR) is 85.5 cm³/mol. The molecule has 21 heavy (non-hydrogen) atoms. The quantitative estimate of drug-likeness (QED) is 0.939. The molecule has 0 amide bonds. The van der Waals surface area contributed by atoms with Crippen LogP contribution in [-0.2, 0) is 7.05 Å². The standard InChI is InChI=1S/C15H24N6/c1-9(2)20(3)15-17-11-12(16)18-13(10-7-5-6-8-10)19-14(11)21(15)4/h9-10H,5-8H2,1-4H3,(H2,16,18,19). The molecule has 0 saturated heterocycles. The van der Waals surface area contributed by atoms with Crippen molar-refractivity contribution >= 4 is 22.9 Å². The molecule has 3 rings (SSSR count). The Labute approximate surface area is 125 Å². The average Bonchev–Trinajstić information content (AvgIpc) is 3.07. The predicted octanol–water partition coefficient (Wildman–Crippen LogP) is 2.45. The highest BCUT2D eigenvalue weighted by molar-refractivity contribution is 5.84. The fourth-order valence-electron chi connectivity index (χ4n) is 3.00. The zero-order valence-electron chi connectivity index (χ0n) is 13.3. The summed E-state index contributed by atoms with van der Waals surface area (Å²) in [4.78, 5) is 16.0. The fourth-order valence-corrected chi connectivity index (χ4v) is 3.00. The van der Waals surface area contributed by atoms with Crippen LogP contribution in [0.4, 0.5) is 11.8 Å². The Hall–Kier alpha value is -1.85. The van der Waals surface area contributed by atoms with Crippen molar-refractivity contribution in [2.45, 2.75) is 51.5 Å². The largest absolute Gasteiger partial charge is 0.382 e. The lowest BCUT2D eigenvalue weighted by molar-refractivity contribution is 0.670. The number of aryl methyl sites for hydroxylation is 1. The van der Waals surface area contributed by atoms with E-state index in [2.05, 4.69) is 28.7 Å². The van der Waals surface area contributed by atoms with Crippen LogP contribution >= 0.6 is 0 Å². The van der Waals surface area contributed by atoms with Gasteiger partial charge in [-0.2, -0.15) is 0 Å². The molecule has 114 valence electrons. The first kappa shape index (κ1) is 14.1. The summed E-state index contributed by atoms with van der Waals surface area (Å²) in [6.45, 7) is 4.27. The van der Waals surface area contributed by atoms with Gasteiger partial charge in [-0.3, -0.25) is 4.57 Å². The maximum Gasteiger partial charge on any atom is 0.207 e. The summed E-state index contributed by atoms with van der Waals surface area (Å²) in [5.74, 6) is 2.72. The Morgan fingerprint density at radius 3 is 2.48 bits per heavy atom. The van der Waals surface area contributed by atoms with Crippen molar-refractivity contribution in [3.63, 3.8) is 0 Å². The summed E-state index contributed by atoms with van der Waals surface area (Å²) in [5.41, 5.74) is 7.69. The van der Waals surface area contributed by atoms with E-state index in [0.29, 0.717) is 23.3 Å². The second-order valence-corrected chi connectivity index (χ2v) is 6.30. The summed E-state index contributed by atoms with van der Waals surface area (Å²) in [7, 11) is 4.03. The van der Waals surface area contributed by atoms with Gasteiger partial charge in [0.2, 0.25) is 5.95 Å². The van der Waals surface area contributed by atoms with Crippen molar-refractivity contribution in [3.05, 3.63) is 5.82 Å². The summed E-state index contributed by atoms with van der Waals surface area (Å²) < 4.78 is 2.02. The molecule has 0 radical (unpaired) electrons. The highest BCUT2D eigenvalue weighted by Crippen LogP contribution is 2.34. The highest BCUT2D eigenvalue weighted by atomic mass is 15.3. The Morgan fingerprint density at radius 2 is 1.86 bits per heavy atom. The molecular weight excluding hydrogens is 264 g/mol. The number of nitrogen functional groups attached to an aromatic ring is 1. The van der Waals surface area contributed by atoms with Gasteiger partial charge in [0.05, 0.1) is 0 Å². The van der Waals surface area contributed by atoms with E-state index in [1.807, 2.05) is 18.7 Å². The number of hydrogen-bond acceptors (Lipinski definition) is 5. The topological polar surface area (TPSA) is 72.9 Å². The lowest BCUT2D eigenvalue weighted by Crippen LogP contribution is -2.28. The molecule has 6 heteroatoms. The Bertz CT molecular complexity index is 654. The van der Waals surface area contributed by atoms with Crippen LogP contribution in [0, 0.1) is 0 Å². The summed E-state index contributed by atoms with van der Waals surface area (Å²) in [6, 6.07) is 0.365. The van der Waals surface area contributed by atoms with Crippen LogP contribution in [-0.4, -0.2) is 32.6 Å². The van der Waals surface area contributed by atoms with Crippen LogP contribution in [0.3, 0.4) is 0 Å². The van der Waals surface area contributed by atoms with Crippen LogP contribution in [0.2, 0.25) is 0 Å². The first-order valence-electron chi connectivity index (χ1n) is 7.71. The van der Waals surface area contributed by atoms with Crippen LogP contribution in [0.25, 0.3) is 11.2 Å². The molecule has 2 heterocycles. The number of rotatable bonds is 3. The number of aromatic nitrogens is 4. The third-order valence-electron chi connectivity index (χ3n) is 4.55. The van der Waals surface area contributed by atoms with E-state index in [9.17, 15) is 0 Å². The molecule has 1 aliphatic carbocycles. The smallest absolute Gasteiger partial charge is 0.207 e. The second-order valence-electron chi connectivity index (χ2n) is 6.30. The molecule has 1 saturated carbocycles. The highest BCUT2D eigenvalue weighted by Gasteiger charge is 2.23. The number of hydrogen-bond donors (Lipinski definition) is 1. The number of imidazole rings is 1. The van der Waals surface area contributed by atoms with Crippen molar-refractivity contribution in [1.29, 1.82) is 0 Å². The molecule has 6 nitrogen and oxygen atoms in total. The number of anilines is 2. The van der Waals surface area contributed by atoms with Crippen LogP contribution < -0.4 is 10.6 Å². The lowest BCUT2D eigenvalue weighted by atomic mass is 10.1. The molecule has 0 spiro atoms. The van der Waals surface area contributed by atoms with Gasteiger partial charge in [-0.15, -0.1) is 0 Å². The first-order valence-corrected chi connectivity index (χ1v) is 7.71. The fraction of sp³-hybridized carbons (Fsp3) is 0.667. The molecule has 0 aromatic carbocycles. The van der Waals surface area contributed by atoms with Gasteiger partial charge in [0, 0.05) is 26.1 Å².